The number of sulfone groups is 1. The summed E-state index contributed by atoms with van der Waals surface area (Å²) in [5, 5.41) is 6.62. The van der Waals surface area contributed by atoms with Crippen LogP contribution in [0.3, 0.4) is 0 Å². The Morgan fingerprint density at radius 1 is 1.32 bits per heavy atom. The molecule has 1 aromatic rings. The third-order valence-electron chi connectivity index (χ3n) is 3.03. The lowest BCUT2D eigenvalue weighted by Crippen LogP contribution is -2.40. The number of nitrogens with one attached hydrogen (secondary N) is 2. The summed E-state index contributed by atoms with van der Waals surface area (Å²) in [7, 11) is -3.02. The average Bonchev–Trinajstić information content (AvgIpc) is 2.79. The molecule has 0 radical (unpaired) electrons. The van der Waals surface area contributed by atoms with Crippen LogP contribution in [0.5, 0.6) is 0 Å². The van der Waals surface area contributed by atoms with Gasteiger partial charge in [-0.3, -0.25) is 0 Å². The molecule has 1 atom stereocenters. The summed E-state index contributed by atoms with van der Waals surface area (Å²) >= 11 is 5.97. The minimum atomic E-state index is -3.02. The van der Waals surface area contributed by atoms with Gasteiger partial charge in [-0.25, -0.2) is 18.6 Å². The zero-order valence-corrected chi connectivity index (χ0v) is 13.3. The molecule has 1 heterocycles. The molecule has 0 aliphatic carbocycles. The molecule has 2 amide bonds. The van der Waals surface area contributed by atoms with Crippen LogP contribution in [0.15, 0.2) is 40.5 Å². The summed E-state index contributed by atoms with van der Waals surface area (Å²) in [4.78, 5) is 11.6. The summed E-state index contributed by atoms with van der Waals surface area (Å²) in [6.07, 6.45) is 3.43. The van der Waals surface area contributed by atoms with E-state index in [0.29, 0.717) is 11.5 Å². The smallest absolute Gasteiger partial charge is 0.333 e. The van der Waals surface area contributed by atoms with E-state index < -0.39 is 15.9 Å². The Balaban J connectivity index is 1.79. The van der Waals surface area contributed by atoms with Crippen LogP contribution >= 0.6 is 11.6 Å². The number of benzene rings is 1. The van der Waals surface area contributed by atoms with Gasteiger partial charge in [0.1, 0.15) is 0 Å². The molecule has 0 saturated carbocycles. The molecular formula is C14H16ClN3O3S. The first-order valence-electron chi connectivity index (χ1n) is 6.67. The van der Waals surface area contributed by atoms with E-state index in [2.05, 4.69) is 15.8 Å². The highest BCUT2D eigenvalue weighted by atomic mass is 35.5. The molecule has 0 bridgehead atoms. The molecule has 1 aromatic carbocycles. The number of amides is 2. The molecule has 118 valence electrons. The molecule has 1 aliphatic rings. The number of hydrazone groups is 1. The first kappa shape index (κ1) is 16.5. The normalized spacial score (nSPS) is 21.0. The number of halogens is 1. The highest BCUT2D eigenvalue weighted by Gasteiger charge is 2.28. The molecule has 1 aliphatic heterocycles. The van der Waals surface area contributed by atoms with Gasteiger partial charge in [0.2, 0.25) is 0 Å². The number of hydrogen-bond acceptors (Lipinski definition) is 4. The maximum Gasteiger partial charge on any atom is 0.335 e. The molecule has 1 fully saturated rings. The van der Waals surface area contributed by atoms with Crippen molar-refractivity contribution in [2.45, 2.75) is 12.5 Å². The summed E-state index contributed by atoms with van der Waals surface area (Å²) < 4.78 is 22.5. The van der Waals surface area contributed by atoms with Gasteiger partial charge in [-0.05, 0) is 18.1 Å². The second kappa shape index (κ2) is 7.42. The molecule has 8 heteroatoms. The van der Waals surface area contributed by atoms with Gasteiger partial charge in [0.25, 0.3) is 0 Å². The fourth-order valence-corrected chi connectivity index (χ4v) is 3.87. The van der Waals surface area contributed by atoms with E-state index in [9.17, 15) is 13.2 Å². The topological polar surface area (TPSA) is 87.6 Å². The van der Waals surface area contributed by atoms with Crippen molar-refractivity contribution >= 4 is 39.8 Å². The van der Waals surface area contributed by atoms with Gasteiger partial charge < -0.3 is 5.32 Å². The Hall–Kier alpha value is -1.86. The highest BCUT2D eigenvalue weighted by Crippen LogP contribution is 2.11. The van der Waals surface area contributed by atoms with Gasteiger partial charge in [-0.2, -0.15) is 5.10 Å². The maximum atomic E-state index is 11.6. The van der Waals surface area contributed by atoms with Gasteiger partial charge in [-0.15, -0.1) is 0 Å². The van der Waals surface area contributed by atoms with Crippen LogP contribution in [0.4, 0.5) is 4.79 Å². The Kier molecular flexibility index (Phi) is 5.57. The van der Waals surface area contributed by atoms with Crippen LogP contribution in [-0.2, 0) is 9.84 Å². The van der Waals surface area contributed by atoms with Crippen molar-refractivity contribution in [3.05, 3.63) is 40.9 Å². The van der Waals surface area contributed by atoms with E-state index in [-0.39, 0.29) is 17.5 Å². The highest BCUT2D eigenvalue weighted by molar-refractivity contribution is 7.91. The van der Waals surface area contributed by atoms with Crippen LogP contribution in [0.2, 0.25) is 0 Å². The fourth-order valence-electron chi connectivity index (χ4n) is 2.02. The van der Waals surface area contributed by atoms with E-state index in [4.69, 9.17) is 11.6 Å². The summed E-state index contributed by atoms with van der Waals surface area (Å²) in [6.45, 7) is 0. The summed E-state index contributed by atoms with van der Waals surface area (Å²) in [6, 6.07) is 8.52. The predicted molar refractivity (Wildman–Crippen MR) is 87.5 cm³/mol. The van der Waals surface area contributed by atoms with E-state index >= 15 is 0 Å². The SMILES string of the molecule is O=C(NN=C/C(Cl)=C/c1ccccc1)N[C@H]1CCS(=O)(=O)C1. The second-order valence-electron chi connectivity index (χ2n) is 4.88. The Labute approximate surface area is 134 Å². The van der Waals surface area contributed by atoms with E-state index in [1.54, 1.807) is 6.08 Å². The molecule has 0 aromatic heterocycles. The lowest BCUT2D eigenvalue weighted by molar-refractivity contribution is 0.238. The van der Waals surface area contributed by atoms with Crippen LogP contribution in [-0.4, -0.2) is 38.2 Å². The minimum absolute atomic E-state index is 0.0290. The first-order chi connectivity index (χ1) is 10.4. The average molecular weight is 342 g/mol. The minimum Gasteiger partial charge on any atom is -0.333 e. The summed E-state index contributed by atoms with van der Waals surface area (Å²) in [5.41, 5.74) is 3.17. The fraction of sp³-hybridized carbons (Fsp3) is 0.286. The van der Waals surface area contributed by atoms with Gasteiger partial charge >= 0.3 is 6.03 Å². The monoisotopic (exact) mass is 341 g/mol. The number of rotatable bonds is 4. The van der Waals surface area contributed by atoms with Crippen molar-refractivity contribution in [3.63, 3.8) is 0 Å². The molecule has 0 spiro atoms. The van der Waals surface area contributed by atoms with E-state index in [1.807, 2.05) is 30.3 Å². The lowest BCUT2D eigenvalue weighted by Gasteiger charge is -2.09. The Morgan fingerprint density at radius 3 is 2.68 bits per heavy atom. The van der Waals surface area contributed by atoms with Crippen molar-refractivity contribution in [2.75, 3.05) is 11.5 Å². The van der Waals surface area contributed by atoms with Crippen molar-refractivity contribution in [2.24, 2.45) is 5.10 Å². The van der Waals surface area contributed by atoms with Crippen LogP contribution in [0.25, 0.3) is 6.08 Å². The van der Waals surface area contributed by atoms with Gasteiger partial charge in [0, 0.05) is 6.04 Å². The molecular weight excluding hydrogens is 326 g/mol. The number of hydrogen-bond donors (Lipinski definition) is 2. The molecule has 1 saturated heterocycles. The molecule has 2 N–H and O–H groups in total. The van der Waals surface area contributed by atoms with Gasteiger partial charge in [-0.1, -0.05) is 41.9 Å². The summed E-state index contributed by atoms with van der Waals surface area (Å²) in [5.74, 6) is 0.0751. The molecule has 2 rings (SSSR count). The van der Waals surface area contributed by atoms with Gasteiger partial charge in [0.05, 0.1) is 22.8 Å². The van der Waals surface area contributed by atoms with Crippen molar-refractivity contribution < 1.29 is 13.2 Å². The molecule has 6 nitrogen and oxygen atoms in total. The van der Waals surface area contributed by atoms with E-state index in [0.717, 1.165) is 5.56 Å². The lowest BCUT2D eigenvalue weighted by atomic mass is 10.2. The number of allylic oxidation sites excluding steroid dienone is 1. The second-order valence-corrected chi connectivity index (χ2v) is 7.55. The largest absolute Gasteiger partial charge is 0.335 e. The van der Waals surface area contributed by atoms with Crippen molar-refractivity contribution in [1.29, 1.82) is 0 Å². The Bertz CT molecular complexity index is 687. The van der Waals surface area contributed by atoms with Gasteiger partial charge in [0.15, 0.2) is 9.84 Å². The third kappa shape index (κ3) is 5.50. The first-order valence-corrected chi connectivity index (χ1v) is 8.87. The molecule has 22 heavy (non-hydrogen) atoms. The predicted octanol–water partition coefficient (Wildman–Crippen LogP) is 1.74. The standard InChI is InChI=1S/C14H16ClN3O3S/c15-12(8-11-4-2-1-3-5-11)9-16-18-14(19)17-13-6-7-22(20,21)10-13/h1-5,8-9,13H,6-7,10H2,(H2,17,18,19)/b12-8-,16-9?/t13-/m0/s1. The van der Waals surface area contributed by atoms with E-state index in [1.165, 1.54) is 6.21 Å². The van der Waals surface area contributed by atoms with Crippen LogP contribution in [0.1, 0.15) is 12.0 Å². The number of urea groups is 1. The zero-order chi connectivity index (χ0) is 16.0. The number of carbonyl (C=O) groups excluding carboxylic acids is 1. The Morgan fingerprint density at radius 2 is 2.05 bits per heavy atom. The van der Waals surface area contributed by atoms with Crippen LogP contribution in [0, 0.1) is 0 Å². The maximum absolute atomic E-state index is 11.6. The number of nitrogens with zero attached hydrogens (tertiary/aromatic N) is 1. The number of carbonyl (C=O) groups is 1. The van der Waals surface area contributed by atoms with Crippen molar-refractivity contribution in [3.8, 4) is 0 Å². The van der Waals surface area contributed by atoms with Crippen LogP contribution < -0.4 is 10.7 Å². The third-order valence-corrected chi connectivity index (χ3v) is 5.00. The zero-order valence-electron chi connectivity index (χ0n) is 11.7. The van der Waals surface area contributed by atoms with Crippen molar-refractivity contribution in [1.82, 2.24) is 10.7 Å². The quantitative estimate of drug-likeness (QED) is 0.646. The molecule has 0 unspecified atom stereocenters.